The van der Waals surface area contributed by atoms with Crippen LogP contribution in [0.25, 0.3) is 0 Å². The van der Waals surface area contributed by atoms with E-state index in [-0.39, 0.29) is 12.7 Å². The highest BCUT2D eigenvalue weighted by atomic mass is 31.2. The van der Waals surface area contributed by atoms with Crippen molar-refractivity contribution in [3.05, 3.63) is 0 Å². The molecule has 8 heavy (non-hydrogen) atoms. The van der Waals surface area contributed by atoms with Gasteiger partial charge in [0, 0.05) is 12.7 Å². The molecule has 0 amide bonds. The average Bonchev–Trinajstić information content (AvgIpc) is 1.65. The summed E-state index contributed by atoms with van der Waals surface area (Å²) in [6.45, 7) is 0.0833. The molecule has 0 aliphatic heterocycles. The number of hydrogen-bond donors (Lipinski definition) is 4. The molecular weight excluding hydrogens is 129 g/mol. The molecule has 5 heteroatoms. The van der Waals surface area contributed by atoms with E-state index < -0.39 is 14.5 Å². The van der Waals surface area contributed by atoms with Gasteiger partial charge in [0.2, 0.25) is 0 Å². The van der Waals surface area contributed by atoms with E-state index in [4.69, 9.17) is 20.6 Å². The molecule has 4 nitrogen and oxygen atoms in total. The van der Waals surface area contributed by atoms with Crippen LogP contribution in [-0.2, 0) is 0 Å². The van der Waals surface area contributed by atoms with Gasteiger partial charge in [-0.1, -0.05) is 0 Å². The Hall–Kier alpha value is 0.270. The topological polar surface area (TPSA) is 86.7 Å². The van der Waals surface area contributed by atoms with Gasteiger partial charge in [0.25, 0.3) is 0 Å². The molecule has 0 aliphatic carbocycles. The third-order valence-electron chi connectivity index (χ3n) is 0.646. The second kappa shape index (κ2) is 4.18. The van der Waals surface area contributed by atoms with Gasteiger partial charge in [-0.15, -0.1) is 0 Å². The van der Waals surface area contributed by atoms with Gasteiger partial charge in [0.1, 0.15) is 0 Å². The summed E-state index contributed by atoms with van der Waals surface area (Å²) in [5, 5.41) is 8.60. The summed E-state index contributed by atoms with van der Waals surface area (Å²) in [5.41, 5.74) is 4.96. The number of aliphatic hydroxyl groups excluding tert-OH is 1. The minimum Gasteiger partial charge on any atom is -0.391 e. The van der Waals surface area contributed by atoms with Crippen LogP contribution >= 0.6 is 8.38 Å². The Morgan fingerprint density at radius 2 is 2.00 bits per heavy atom. The van der Waals surface area contributed by atoms with Crippen LogP contribution in [0.1, 0.15) is 0 Å². The summed E-state index contributed by atoms with van der Waals surface area (Å²) >= 11 is 0. The molecule has 0 saturated heterocycles. The fourth-order valence-electron chi connectivity index (χ4n) is 0.263. The highest BCUT2D eigenvalue weighted by Gasteiger charge is 2.05. The minimum absolute atomic E-state index is 0.00810. The zero-order chi connectivity index (χ0) is 6.57. The Bertz CT molecular complexity index is 60.5. The van der Waals surface area contributed by atoms with E-state index in [1.165, 1.54) is 0 Å². The molecular formula is C3H10NO3P. The maximum Gasteiger partial charge on any atom is 0.167 e. The highest BCUT2D eigenvalue weighted by molar-refractivity contribution is 7.45. The van der Waals surface area contributed by atoms with Gasteiger partial charge in [-0.2, -0.15) is 0 Å². The molecule has 50 valence electrons. The van der Waals surface area contributed by atoms with Crippen molar-refractivity contribution >= 4 is 8.38 Å². The molecule has 0 aliphatic rings. The van der Waals surface area contributed by atoms with E-state index in [1.54, 1.807) is 0 Å². The monoisotopic (exact) mass is 139 g/mol. The summed E-state index contributed by atoms with van der Waals surface area (Å²) in [4.78, 5) is 16.5. The molecule has 5 N–H and O–H groups in total. The molecule has 0 heterocycles. The van der Waals surface area contributed by atoms with Gasteiger partial charge < -0.3 is 20.6 Å². The molecule has 0 unspecified atom stereocenters. The fraction of sp³-hybridized carbons (Fsp3) is 1.00. The maximum absolute atomic E-state index is 8.60. The number of rotatable bonds is 3. The van der Waals surface area contributed by atoms with Crippen molar-refractivity contribution in [2.45, 2.75) is 6.10 Å². The SMILES string of the molecule is NC[C@@H](O)CP(O)O. The molecule has 0 aromatic carbocycles. The number of hydrogen-bond acceptors (Lipinski definition) is 4. The molecule has 0 aromatic heterocycles. The Morgan fingerprint density at radius 1 is 1.50 bits per heavy atom. The molecule has 0 fully saturated rings. The van der Waals surface area contributed by atoms with Crippen molar-refractivity contribution in [3.8, 4) is 0 Å². The molecule has 0 spiro atoms. The van der Waals surface area contributed by atoms with Crippen LogP contribution in [0, 0.1) is 0 Å². The van der Waals surface area contributed by atoms with Crippen LogP contribution in [0.4, 0.5) is 0 Å². The minimum atomic E-state index is -1.98. The maximum atomic E-state index is 8.60. The van der Waals surface area contributed by atoms with E-state index in [1.807, 2.05) is 0 Å². The van der Waals surface area contributed by atoms with Gasteiger partial charge in [-0.3, -0.25) is 0 Å². The Balaban J connectivity index is 3.10. The largest absolute Gasteiger partial charge is 0.391 e. The van der Waals surface area contributed by atoms with E-state index in [0.717, 1.165) is 0 Å². The normalized spacial score (nSPS) is 14.6. The predicted molar refractivity (Wildman–Crippen MR) is 31.3 cm³/mol. The van der Waals surface area contributed by atoms with Crippen LogP contribution in [0.2, 0.25) is 0 Å². The summed E-state index contributed by atoms with van der Waals surface area (Å²) in [6, 6.07) is 0. The van der Waals surface area contributed by atoms with E-state index >= 15 is 0 Å². The zero-order valence-electron chi connectivity index (χ0n) is 4.36. The first-order chi connectivity index (χ1) is 3.66. The molecule has 0 rings (SSSR count). The average molecular weight is 139 g/mol. The highest BCUT2D eigenvalue weighted by Crippen LogP contribution is 2.22. The smallest absolute Gasteiger partial charge is 0.167 e. The van der Waals surface area contributed by atoms with Gasteiger partial charge in [-0.25, -0.2) is 0 Å². The third-order valence-corrected chi connectivity index (χ3v) is 1.39. The summed E-state index contributed by atoms with van der Waals surface area (Å²) in [5.74, 6) is 0. The first kappa shape index (κ1) is 8.27. The Morgan fingerprint density at radius 3 is 2.12 bits per heavy atom. The second-order valence-corrected chi connectivity index (χ2v) is 2.55. The second-order valence-electron chi connectivity index (χ2n) is 1.44. The van der Waals surface area contributed by atoms with Crippen LogP contribution in [0.15, 0.2) is 0 Å². The lowest BCUT2D eigenvalue weighted by Gasteiger charge is -2.06. The Labute approximate surface area is 48.9 Å². The van der Waals surface area contributed by atoms with Gasteiger partial charge in [0.05, 0.1) is 6.10 Å². The Kier molecular flexibility index (Phi) is 4.32. The van der Waals surface area contributed by atoms with Crippen molar-refractivity contribution in [2.24, 2.45) is 5.73 Å². The molecule has 0 radical (unpaired) electrons. The summed E-state index contributed by atoms with van der Waals surface area (Å²) in [6.07, 6.45) is -0.776. The van der Waals surface area contributed by atoms with E-state index in [2.05, 4.69) is 0 Å². The van der Waals surface area contributed by atoms with Crippen molar-refractivity contribution < 1.29 is 14.9 Å². The molecule has 0 aromatic rings. The van der Waals surface area contributed by atoms with Crippen LogP contribution in [0.5, 0.6) is 0 Å². The van der Waals surface area contributed by atoms with E-state index in [9.17, 15) is 0 Å². The van der Waals surface area contributed by atoms with Crippen molar-refractivity contribution in [1.82, 2.24) is 0 Å². The van der Waals surface area contributed by atoms with Crippen LogP contribution in [-0.4, -0.2) is 33.7 Å². The first-order valence-corrected chi connectivity index (χ1v) is 3.63. The summed E-state index contributed by atoms with van der Waals surface area (Å²) in [7, 11) is -1.98. The van der Waals surface area contributed by atoms with Gasteiger partial charge in [0.15, 0.2) is 8.38 Å². The molecule has 1 atom stereocenters. The number of nitrogens with two attached hydrogens (primary N) is 1. The standard InChI is InChI=1S/C3H10NO3P/c4-1-3(5)2-8(6)7/h3,5-7H,1-2,4H2/t3-/m1/s1. The number of aliphatic hydroxyl groups is 1. The van der Waals surface area contributed by atoms with Crippen LogP contribution in [0.3, 0.4) is 0 Å². The lowest BCUT2D eigenvalue weighted by Crippen LogP contribution is -2.22. The summed E-state index contributed by atoms with van der Waals surface area (Å²) < 4.78 is 0. The molecule has 0 bridgehead atoms. The zero-order valence-corrected chi connectivity index (χ0v) is 5.25. The van der Waals surface area contributed by atoms with Crippen molar-refractivity contribution in [1.29, 1.82) is 0 Å². The first-order valence-electron chi connectivity index (χ1n) is 2.20. The third kappa shape index (κ3) is 4.43. The van der Waals surface area contributed by atoms with Crippen molar-refractivity contribution in [3.63, 3.8) is 0 Å². The van der Waals surface area contributed by atoms with Gasteiger partial charge in [-0.05, 0) is 0 Å². The fourth-order valence-corrected chi connectivity index (χ4v) is 0.789. The van der Waals surface area contributed by atoms with Gasteiger partial charge >= 0.3 is 0 Å². The predicted octanol–water partition coefficient (Wildman–Crippen LogP) is -1.40. The van der Waals surface area contributed by atoms with Crippen LogP contribution < -0.4 is 5.73 Å². The van der Waals surface area contributed by atoms with E-state index in [0.29, 0.717) is 0 Å². The lowest BCUT2D eigenvalue weighted by molar-refractivity contribution is 0.202. The lowest BCUT2D eigenvalue weighted by atomic mass is 10.4. The quantitative estimate of drug-likeness (QED) is 0.362. The molecule has 0 saturated carbocycles. The van der Waals surface area contributed by atoms with Crippen molar-refractivity contribution in [2.75, 3.05) is 12.7 Å².